The summed E-state index contributed by atoms with van der Waals surface area (Å²) < 4.78 is 0. The summed E-state index contributed by atoms with van der Waals surface area (Å²) in [5, 5.41) is 6.64. The van der Waals surface area contributed by atoms with E-state index in [0.717, 1.165) is 51.4 Å². The van der Waals surface area contributed by atoms with Gasteiger partial charge in [-0.05, 0) is 36.0 Å². The second-order valence-electron chi connectivity index (χ2n) is 7.14. The average molecular weight is 379 g/mol. The van der Waals surface area contributed by atoms with Crippen molar-refractivity contribution in [2.24, 2.45) is 4.99 Å². The summed E-state index contributed by atoms with van der Waals surface area (Å²) in [6.07, 6.45) is 3.47. The molecule has 1 heterocycles. The van der Waals surface area contributed by atoms with Gasteiger partial charge in [-0.2, -0.15) is 0 Å². The van der Waals surface area contributed by atoms with E-state index in [4.69, 9.17) is 0 Å². The number of hydrogen-bond acceptors (Lipinski definition) is 2. The number of benzene rings is 2. The van der Waals surface area contributed by atoms with E-state index in [1.165, 1.54) is 16.7 Å². The van der Waals surface area contributed by atoms with Gasteiger partial charge in [0.25, 0.3) is 0 Å². The minimum absolute atomic E-state index is 0.226. The Morgan fingerprint density at radius 3 is 2.18 bits per heavy atom. The first-order chi connectivity index (χ1) is 13.8. The molecule has 5 heteroatoms. The predicted molar refractivity (Wildman–Crippen MR) is 114 cm³/mol. The third kappa shape index (κ3) is 5.84. The van der Waals surface area contributed by atoms with Crippen molar-refractivity contribution in [2.75, 3.05) is 20.1 Å². The molecule has 0 spiro atoms. The number of amides is 1. The Morgan fingerprint density at radius 1 is 0.929 bits per heavy atom. The number of fused-ring (bicyclic) bond motifs is 1. The second kappa shape index (κ2) is 10.5. The molecule has 0 radical (unpaired) electrons. The van der Waals surface area contributed by atoms with E-state index in [2.05, 4.69) is 52.0 Å². The Morgan fingerprint density at radius 2 is 1.54 bits per heavy atom. The Bertz CT molecular complexity index is 763. The Hall–Kier alpha value is -2.82. The highest BCUT2D eigenvalue weighted by molar-refractivity contribution is 5.80. The van der Waals surface area contributed by atoms with Gasteiger partial charge in [0.05, 0.1) is 0 Å². The second-order valence-corrected chi connectivity index (χ2v) is 7.14. The lowest BCUT2D eigenvalue weighted by molar-refractivity contribution is -0.131. The Balaban J connectivity index is 1.28. The molecule has 0 saturated heterocycles. The predicted octanol–water partition coefficient (Wildman–Crippen LogP) is 3.11. The molecule has 2 aromatic rings. The molecule has 1 amide bonds. The van der Waals surface area contributed by atoms with Crippen molar-refractivity contribution in [1.82, 2.24) is 15.5 Å². The van der Waals surface area contributed by atoms with Gasteiger partial charge in [-0.3, -0.25) is 9.79 Å². The Labute approximate surface area is 167 Å². The SMILES string of the molecule is CN=C(NCCCC(=O)N1Cc2ccccc2C1)NCCCc1ccccc1. The third-order valence-corrected chi connectivity index (χ3v) is 5.05. The van der Waals surface area contributed by atoms with Gasteiger partial charge in [0.1, 0.15) is 0 Å². The monoisotopic (exact) mass is 378 g/mol. The number of carbonyl (C=O) groups is 1. The molecular weight excluding hydrogens is 348 g/mol. The molecule has 0 aliphatic carbocycles. The minimum atomic E-state index is 0.226. The van der Waals surface area contributed by atoms with Gasteiger partial charge in [-0.25, -0.2) is 0 Å². The molecule has 0 aromatic heterocycles. The lowest BCUT2D eigenvalue weighted by Gasteiger charge is -2.16. The maximum Gasteiger partial charge on any atom is 0.223 e. The van der Waals surface area contributed by atoms with Crippen LogP contribution in [0.15, 0.2) is 59.6 Å². The van der Waals surface area contributed by atoms with Crippen LogP contribution in [0, 0.1) is 0 Å². The van der Waals surface area contributed by atoms with E-state index < -0.39 is 0 Å². The summed E-state index contributed by atoms with van der Waals surface area (Å²) in [5.41, 5.74) is 3.90. The number of aryl methyl sites for hydroxylation is 1. The van der Waals surface area contributed by atoms with Crippen molar-refractivity contribution in [2.45, 2.75) is 38.8 Å². The molecule has 0 unspecified atom stereocenters. The van der Waals surface area contributed by atoms with E-state index in [1.807, 2.05) is 23.1 Å². The van der Waals surface area contributed by atoms with Crippen LogP contribution in [0.2, 0.25) is 0 Å². The molecule has 0 saturated carbocycles. The molecule has 1 aliphatic heterocycles. The van der Waals surface area contributed by atoms with Gasteiger partial charge >= 0.3 is 0 Å². The summed E-state index contributed by atoms with van der Waals surface area (Å²) in [6.45, 7) is 3.10. The van der Waals surface area contributed by atoms with Crippen molar-refractivity contribution in [3.05, 3.63) is 71.3 Å². The molecule has 148 valence electrons. The largest absolute Gasteiger partial charge is 0.356 e. The number of hydrogen-bond donors (Lipinski definition) is 2. The number of aliphatic imine (C=N–C) groups is 1. The average Bonchev–Trinajstić information content (AvgIpc) is 3.17. The summed E-state index contributed by atoms with van der Waals surface area (Å²) in [4.78, 5) is 18.6. The molecule has 2 aromatic carbocycles. The number of carbonyl (C=O) groups excluding carboxylic acids is 1. The van der Waals surface area contributed by atoms with Crippen molar-refractivity contribution < 1.29 is 4.79 Å². The highest BCUT2D eigenvalue weighted by atomic mass is 16.2. The van der Waals surface area contributed by atoms with Gasteiger partial charge < -0.3 is 15.5 Å². The fourth-order valence-corrected chi connectivity index (χ4v) is 3.48. The van der Waals surface area contributed by atoms with Crippen LogP contribution in [-0.4, -0.2) is 36.9 Å². The van der Waals surface area contributed by atoms with Crippen molar-refractivity contribution >= 4 is 11.9 Å². The van der Waals surface area contributed by atoms with Crippen molar-refractivity contribution in [3.63, 3.8) is 0 Å². The first-order valence-corrected chi connectivity index (χ1v) is 10.1. The van der Waals surface area contributed by atoms with Crippen LogP contribution >= 0.6 is 0 Å². The summed E-state index contributed by atoms with van der Waals surface area (Å²) >= 11 is 0. The molecule has 5 nitrogen and oxygen atoms in total. The van der Waals surface area contributed by atoms with Crippen molar-refractivity contribution in [1.29, 1.82) is 0 Å². The first kappa shape index (κ1) is 19.9. The maximum atomic E-state index is 12.4. The van der Waals surface area contributed by atoms with E-state index in [9.17, 15) is 4.79 Å². The molecule has 2 N–H and O–H groups in total. The summed E-state index contributed by atoms with van der Waals surface area (Å²) in [7, 11) is 1.78. The topological polar surface area (TPSA) is 56.7 Å². The summed E-state index contributed by atoms with van der Waals surface area (Å²) in [6, 6.07) is 18.8. The lowest BCUT2D eigenvalue weighted by atomic mass is 10.1. The molecular formula is C23H30N4O. The van der Waals surface area contributed by atoms with E-state index in [0.29, 0.717) is 6.42 Å². The highest BCUT2D eigenvalue weighted by Crippen LogP contribution is 2.22. The van der Waals surface area contributed by atoms with Gasteiger partial charge in [0.15, 0.2) is 5.96 Å². The number of nitrogens with one attached hydrogen (secondary N) is 2. The van der Waals surface area contributed by atoms with Gasteiger partial charge in [-0.15, -0.1) is 0 Å². The molecule has 0 atom stereocenters. The number of nitrogens with zero attached hydrogens (tertiary/aromatic N) is 2. The van der Waals surface area contributed by atoms with Crippen molar-refractivity contribution in [3.8, 4) is 0 Å². The number of guanidine groups is 1. The fourth-order valence-electron chi connectivity index (χ4n) is 3.48. The smallest absolute Gasteiger partial charge is 0.223 e. The zero-order valence-corrected chi connectivity index (χ0v) is 16.7. The fraction of sp³-hybridized carbons (Fsp3) is 0.391. The van der Waals surface area contributed by atoms with Crippen LogP contribution in [0.5, 0.6) is 0 Å². The molecule has 3 rings (SSSR count). The van der Waals surface area contributed by atoms with Crippen LogP contribution in [0.3, 0.4) is 0 Å². The summed E-state index contributed by atoms with van der Waals surface area (Å²) in [5.74, 6) is 1.03. The standard InChI is InChI=1S/C23H30N4O/c1-24-23(25-15-7-11-19-9-3-2-4-10-19)26-16-8-14-22(28)27-17-20-12-5-6-13-21(20)18-27/h2-6,9-10,12-13H,7-8,11,14-18H2,1H3,(H2,24,25,26). The van der Waals surface area contributed by atoms with Crippen LogP contribution in [0.25, 0.3) is 0 Å². The molecule has 0 bridgehead atoms. The zero-order valence-electron chi connectivity index (χ0n) is 16.7. The molecule has 0 fully saturated rings. The minimum Gasteiger partial charge on any atom is -0.356 e. The quantitative estimate of drug-likeness (QED) is 0.422. The normalized spacial score (nSPS) is 13.3. The van der Waals surface area contributed by atoms with Crippen LogP contribution < -0.4 is 10.6 Å². The van der Waals surface area contributed by atoms with E-state index >= 15 is 0 Å². The van der Waals surface area contributed by atoms with Crippen LogP contribution in [0.4, 0.5) is 0 Å². The zero-order chi connectivity index (χ0) is 19.6. The first-order valence-electron chi connectivity index (χ1n) is 10.1. The van der Waals surface area contributed by atoms with E-state index in [-0.39, 0.29) is 5.91 Å². The Kier molecular flexibility index (Phi) is 7.47. The van der Waals surface area contributed by atoms with Gasteiger partial charge in [-0.1, -0.05) is 54.6 Å². The van der Waals surface area contributed by atoms with Gasteiger partial charge in [0, 0.05) is 39.6 Å². The third-order valence-electron chi connectivity index (χ3n) is 5.05. The highest BCUT2D eigenvalue weighted by Gasteiger charge is 2.22. The maximum absolute atomic E-state index is 12.4. The lowest BCUT2D eigenvalue weighted by Crippen LogP contribution is -2.38. The van der Waals surface area contributed by atoms with Crippen LogP contribution in [0.1, 0.15) is 36.0 Å². The number of rotatable bonds is 8. The van der Waals surface area contributed by atoms with Gasteiger partial charge in [0.2, 0.25) is 5.91 Å². The molecule has 28 heavy (non-hydrogen) atoms. The molecule has 1 aliphatic rings. The van der Waals surface area contributed by atoms with Crippen LogP contribution in [-0.2, 0) is 24.3 Å². The van der Waals surface area contributed by atoms with E-state index in [1.54, 1.807) is 7.05 Å².